The first-order chi connectivity index (χ1) is 14.4. The molecule has 1 amide bonds. The van der Waals surface area contributed by atoms with Gasteiger partial charge in [0.25, 0.3) is 0 Å². The van der Waals surface area contributed by atoms with Gasteiger partial charge in [-0.2, -0.15) is 0 Å². The molecule has 0 bridgehead atoms. The maximum atomic E-state index is 13.2. The topological polar surface area (TPSA) is 38.3 Å². The van der Waals surface area contributed by atoms with Gasteiger partial charge in [0.2, 0.25) is 0 Å². The minimum absolute atomic E-state index is 0.227. The molecular weight excluding hydrogens is 389 g/mol. The number of carbonyl (C=O) groups is 1. The summed E-state index contributed by atoms with van der Waals surface area (Å²) in [6, 6.07) is 8.00. The molecule has 0 saturated heterocycles. The SMILES string of the molecule is CCCCCCP(CCCC)(CCCC)(CCCC)OC(=O)Nc1ccc(C)cc1. The van der Waals surface area contributed by atoms with Crippen LogP contribution >= 0.6 is 6.83 Å². The second-order valence-corrected chi connectivity index (χ2v) is 14.9. The quantitative estimate of drug-likeness (QED) is 0.207. The van der Waals surface area contributed by atoms with Crippen LogP contribution in [0.15, 0.2) is 24.3 Å². The van der Waals surface area contributed by atoms with Crippen molar-refractivity contribution in [2.45, 2.75) is 98.8 Å². The summed E-state index contributed by atoms with van der Waals surface area (Å²) in [5.74, 6) is 0. The Kier molecular flexibility index (Phi) is 12.6. The van der Waals surface area contributed by atoms with Gasteiger partial charge in [-0.1, -0.05) is 0 Å². The van der Waals surface area contributed by atoms with Crippen molar-refractivity contribution in [3.8, 4) is 0 Å². The Hall–Kier alpha value is -1.08. The zero-order valence-corrected chi connectivity index (χ0v) is 21.4. The van der Waals surface area contributed by atoms with Crippen LogP contribution < -0.4 is 5.32 Å². The summed E-state index contributed by atoms with van der Waals surface area (Å²) in [5.41, 5.74) is 2.02. The molecule has 4 heteroatoms. The zero-order valence-electron chi connectivity index (χ0n) is 20.5. The second kappa shape index (κ2) is 14.1. The van der Waals surface area contributed by atoms with Crippen molar-refractivity contribution in [2.75, 3.05) is 30.0 Å². The Bertz CT molecular complexity index is 575. The van der Waals surface area contributed by atoms with E-state index in [4.69, 9.17) is 4.52 Å². The van der Waals surface area contributed by atoms with Gasteiger partial charge in [0, 0.05) is 0 Å². The summed E-state index contributed by atoms with van der Waals surface area (Å²) in [4.78, 5) is 13.2. The Morgan fingerprint density at radius 2 is 1.20 bits per heavy atom. The van der Waals surface area contributed by atoms with Gasteiger partial charge in [-0.3, -0.25) is 0 Å². The summed E-state index contributed by atoms with van der Waals surface area (Å²) in [6.07, 6.45) is 16.1. The molecule has 0 aliphatic carbocycles. The van der Waals surface area contributed by atoms with Crippen LogP contribution in [0.1, 0.15) is 97.5 Å². The summed E-state index contributed by atoms with van der Waals surface area (Å²) >= 11 is 0. The van der Waals surface area contributed by atoms with Crippen molar-refractivity contribution < 1.29 is 9.32 Å². The minimum atomic E-state index is -2.60. The first-order valence-electron chi connectivity index (χ1n) is 12.5. The average Bonchev–Trinajstić information content (AvgIpc) is 2.74. The molecule has 0 radical (unpaired) electrons. The van der Waals surface area contributed by atoms with Gasteiger partial charge in [-0.25, -0.2) is 0 Å². The van der Waals surface area contributed by atoms with Crippen molar-refractivity contribution >= 4 is 18.6 Å². The van der Waals surface area contributed by atoms with Crippen molar-refractivity contribution in [1.29, 1.82) is 0 Å². The second-order valence-electron chi connectivity index (χ2n) is 9.24. The molecule has 0 saturated carbocycles. The van der Waals surface area contributed by atoms with Crippen LogP contribution in [0.25, 0.3) is 0 Å². The Balaban J connectivity index is 3.17. The van der Waals surface area contributed by atoms with E-state index < -0.39 is 6.83 Å². The van der Waals surface area contributed by atoms with E-state index in [0.717, 1.165) is 68.9 Å². The molecule has 30 heavy (non-hydrogen) atoms. The molecule has 1 rings (SSSR count). The number of benzene rings is 1. The third kappa shape index (κ3) is 8.96. The van der Waals surface area contributed by atoms with Crippen LogP contribution in [0.5, 0.6) is 0 Å². The Labute approximate surface area is 186 Å². The molecule has 0 aliphatic heterocycles. The predicted octanol–water partition coefficient (Wildman–Crippen LogP) is 8.99. The van der Waals surface area contributed by atoms with Crippen LogP contribution in [0.2, 0.25) is 0 Å². The molecule has 1 N–H and O–H groups in total. The molecule has 0 spiro atoms. The van der Waals surface area contributed by atoms with Crippen LogP contribution in [-0.4, -0.2) is 30.7 Å². The van der Waals surface area contributed by atoms with E-state index in [0.29, 0.717) is 0 Å². The van der Waals surface area contributed by atoms with E-state index in [1.165, 1.54) is 31.2 Å². The zero-order chi connectivity index (χ0) is 22.3. The Morgan fingerprint density at radius 1 is 0.733 bits per heavy atom. The van der Waals surface area contributed by atoms with Crippen LogP contribution in [-0.2, 0) is 4.52 Å². The molecule has 0 fully saturated rings. The fourth-order valence-electron chi connectivity index (χ4n) is 4.48. The number of unbranched alkanes of at least 4 members (excludes halogenated alkanes) is 6. The summed E-state index contributed by atoms with van der Waals surface area (Å²) in [6.45, 7) is 8.50. The first kappa shape index (κ1) is 27.0. The fourth-order valence-corrected chi connectivity index (χ4v) is 11.1. The van der Waals surface area contributed by atoms with Crippen LogP contribution in [0, 0.1) is 6.92 Å². The van der Waals surface area contributed by atoms with E-state index >= 15 is 0 Å². The van der Waals surface area contributed by atoms with Crippen molar-refractivity contribution in [1.82, 2.24) is 0 Å². The van der Waals surface area contributed by atoms with Gasteiger partial charge < -0.3 is 0 Å². The molecule has 174 valence electrons. The van der Waals surface area contributed by atoms with Crippen molar-refractivity contribution in [3.05, 3.63) is 29.8 Å². The molecule has 1 aromatic rings. The molecule has 3 nitrogen and oxygen atoms in total. The van der Waals surface area contributed by atoms with E-state index in [-0.39, 0.29) is 6.09 Å². The average molecular weight is 438 g/mol. The number of hydrogen-bond donors (Lipinski definition) is 1. The van der Waals surface area contributed by atoms with Gasteiger partial charge >= 0.3 is 187 Å². The van der Waals surface area contributed by atoms with Gasteiger partial charge in [0.15, 0.2) is 0 Å². The van der Waals surface area contributed by atoms with E-state index in [9.17, 15) is 4.79 Å². The van der Waals surface area contributed by atoms with Crippen LogP contribution in [0.3, 0.4) is 0 Å². The number of carbonyl (C=O) groups excluding carboxylic acids is 1. The standard InChI is InChI=1S/C26H48NO2P/c1-6-10-14-15-23-30(20-11-7-2,21-12-8-3,22-13-9-4)29-26(28)27-25-18-16-24(5)17-19-25/h16-19H,6-15,20-23H2,1-5H3,(H,27,28). The molecule has 0 aromatic heterocycles. The van der Waals surface area contributed by atoms with Crippen molar-refractivity contribution in [2.24, 2.45) is 0 Å². The predicted molar refractivity (Wildman–Crippen MR) is 137 cm³/mol. The first-order valence-corrected chi connectivity index (χ1v) is 15.4. The summed E-state index contributed by atoms with van der Waals surface area (Å²) < 4.78 is 6.73. The fraction of sp³-hybridized carbons (Fsp3) is 0.731. The number of anilines is 1. The Morgan fingerprint density at radius 3 is 1.67 bits per heavy atom. The molecule has 0 atom stereocenters. The molecular formula is C26H48NO2P. The number of rotatable bonds is 16. The third-order valence-electron chi connectivity index (χ3n) is 6.45. The van der Waals surface area contributed by atoms with E-state index in [2.05, 4.69) is 39.9 Å². The summed E-state index contributed by atoms with van der Waals surface area (Å²) in [7, 11) is 0. The van der Waals surface area contributed by atoms with Crippen LogP contribution in [0.4, 0.5) is 10.5 Å². The number of nitrogens with one attached hydrogen (secondary N) is 1. The van der Waals surface area contributed by atoms with Crippen molar-refractivity contribution in [3.63, 3.8) is 0 Å². The van der Waals surface area contributed by atoms with Gasteiger partial charge in [0.1, 0.15) is 0 Å². The molecule has 0 aliphatic rings. The van der Waals surface area contributed by atoms with Gasteiger partial charge in [0.05, 0.1) is 0 Å². The maximum absolute atomic E-state index is 13.2. The van der Waals surface area contributed by atoms with Gasteiger partial charge in [-0.15, -0.1) is 0 Å². The molecule has 1 aromatic carbocycles. The number of aryl methyl sites for hydroxylation is 1. The molecule has 0 unspecified atom stereocenters. The third-order valence-corrected chi connectivity index (χ3v) is 12.9. The monoisotopic (exact) mass is 437 g/mol. The number of hydrogen-bond acceptors (Lipinski definition) is 2. The number of amides is 1. The molecule has 0 heterocycles. The van der Waals surface area contributed by atoms with E-state index in [1.54, 1.807) is 0 Å². The van der Waals surface area contributed by atoms with E-state index in [1.807, 2.05) is 24.3 Å². The normalized spacial score (nSPS) is 12.9. The summed E-state index contributed by atoms with van der Waals surface area (Å²) in [5, 5.41) is 3.05. The van der Waals surface area contributed by atoms with Gasteiger partial charge in [-0.05, 0) is 0 Å².